The average Bonchev–Trinajstić information content (AvgIpc) is 2.57. The molecule has 0 saturated carbocycles. The Morgan fingerprint density at radius 3 is 2.43 bits per heavy atom. The van der Waals surface area contributed by atoms with Crippen LogP contribution >= 0.6 is 0 Å². The molecular formula is C16H22N2O4S. The Morgan fingerprint density at radius 1 is 1.26 bits per heavy atom. The first-order valence-corrected chi connectivity index (χ1v) is 9.42. The van der Waals surface area contributed by atoms with Crippen molar-refractivity contribution in [3.63, 3.8) is 0 Å². The minimum Gasteiger partial charge on any atom is -0.363 e. The Hall–Kier alpha value is -1.44. The summed E-state index contributed by atoms with van der Waals surface area (Å²) in [5.41, 5.74) is -0.678. The van der Waals surface area contributed by atoms with Crippen molar-refractivity contribution in [1.29, 1.82) is 0 Å². The molecule has 1 aromatic rings. The van der Waals surface area contributed by atoms with E-state index in [0.717, 1.165) is 25.9 Å². The lowest BCUT2D eigenvalue weighted by Crippen LogP contribution is -2.55. The van der Waals surface area contributed by atoms with E-state index < -0.39 is 21.4 Å². The number of nitrogens with one attached hydrogen (secondary N) is 1. The topological polar surface area (TPSA) is 75.7 Å². The van der Waals surface area contributed by atoms with E-state index in [0.29, 0.717) is 18.0 Å². The van der Waals surface area contributed by atoms with E-state index in [1.807, 2.05) is 0 Å². The Bertz CT molecular complexity index is 654. The molecule has 3 fully saturated rings. The zero-order valence-electron chi connectivity index (χ0n) is 13.1. The summed E-state index contributed by atoms with van der Waals surface area (Å²) >= 11 is 0. The molecule has 126 valence electrons. The van der Waals surface area contributed by atoms with Crippen LogP contribution in [0.2, 0.25) is 0 Å². The van der Waals surface area contributed by atoms with Crippen LogP contribution in [0.5, 0.6) is 0 Å². The first-order chi connectivity index (χ1) is 11.0. The summed E-state index contributed by atoms with van der Waals surface area (Å²) in [7, 11) is -2.49. The van der Waals surface area contributed by atoms with Gasteiger partial charge in [0, 0.05) is 25.1 Å². The van der Waals surface area contributed by atoms with Gasteiger partial charge < -0.3 is 9.64 Å². The molecule has 0 aromatic heterocycles. The van der Waals surface area contributed by atoms with E-state index >= 15 is 0 Å². The van der Waals surface area contributed by atoms with Crippen LogP contribution in [0.15, 0.2) is 30.3 Å². The number of hydrogen-bond acceptors (Lipinski definition) is 5. The third-order valence-corrected chi connectivity index (χ3v) is 6.49. The summed E-state index contributed by atoms with van der Waals surface area (Å²) in [4.78, 5) is 14.4. The number of amides is 1. The van der Waals surface area contributed by atoms with Gasteiger partial charge in [-0.3, -0.25) is 4.79 Å². The van der Waals surface area contributed by atoms with E-state index in [1.54, 1.807) is 30.3 Å². The van der Waals surface area contributed by atoms with Crippen molar-refractivity contribution in [1.82, 2.24) is 9.62 Å². The fraction of sp³-hybridized carbons (Fsp3) is 0.562. The monoisotopic (exact) mass is 338 g/mol. The molecule has 6 nitrogen and oxygen atoms in total. The highest BCUT2D eigenvalue weighted by atomic mass is 32.2. The smallest absolute Gasteiger partial charge is 0.264 e. The highest BCUT2D eigenvalue weighted by Gasteiger charge is 2.44. The maximum Gasteiger partial charge on any atom is 0.264 e. The van der Waals surface area contributed by atoms with Gasteiger partial charge in [-0.15, -0.1) is 0 Å². The Labute approximate surface area is 136 Å². The molecule has 1 aromatic carbocycles. The second kappa shape index (κ2) is 6.59. The van der Waals surface area contributed by atoms with Crippen molar-refractivity contribution in [3.8, 4) is 0 Å². The van der Waals surface area contributed by atoms with Crippen LogP contribution in [-0.2, 0) is 14.8 Å². The van der Waals surface area contributed by atoms with Gasteiger partial charge in [0.25, 0.3) is 15.9 Å². The second-order valence-electron chi connectivity index (χ2n) is 6.25. The third-order valence-electron chi connectivity index (χ3n) is 4.87. The first-order valence-electron chi connectivity index (χ1n) is 7.87. The molecule has 3 saturated heterocycles. The van der Waals surface area contributed by atoms with Gasteiger partial charge in [-0.05, 0) is 44.0 Å². The summed E-state index contributed by atoms with van der Waals surface area (Å²) in [6.07, 6.45) is 1.99. The molecule has 3 aliphatic rings. The molecule has 1 N–H and O–H groups in total. The maximum absolute atomic E-state index is 12.6. The lowest BCUT2D eigenvalue weighted by molar-refractivity contribution is -0.0114. The van der Waals surface area contributed by atoms with Crippen molar-refractivity contribution in [2.45, 2.75) is 18.3 Å². The van der Waals surface area contributed by atoms with Gasteiger partial charge in [-0.2, -0.15) is 0 Å². The second-order valence-corrected chi connectivity index (χ2v) is 8.01. The van der Waals surface area contributed by atoms with Crippen LogP contribution < -0.4 is 4.72 Å². The van der Waals surface area contributed by atoms with E-state index in [4.69, 9.17) is 4.74 Å². The number of methoxy groups -OCH3 is 1. The van der Waals surface area contributed by atoms with Crippen LogP contribution in [0.4, 0.5) is 0 Å². The van der Waals surface area contributed by atoms with Crippen molar-refractivity contribution in [2.75, 3.05) is 26.7 Å². The van der Waals surface area contributed by atoms with Gasteiger partial charge in [0.15, 0.2) is 5.44 Å². The van der Waals surface area contributed by atoms with Crippen molar-refractivity contribution in [2.24, 2.45) is 11.8 Å². The quantitative estimate of drug-likeness (QED) is 0.869. The number of rotatable bonds is 5. The van der Waals surface area contributed by atoms with E-state index in [2.05, 4.69) is 9.62 Å². The number of hydrogen-bond donors (Lipinski definition) is 1. The molecule has 3 heterocycles. The first kappa shape index (κ1) is 16.4. The van der Waals surface area contributed by atoms with Gasteiger partial charge in [0.05, 0.1) is 0 Å². The maximum atomic E-state index is 12.6. The van der Waals surface area contributed by atoms with Gasteiger partial charge in [-0.1, -0.05) is 18.2 Å². The lowest BCUT2D eigenvalue weighted by atomic mass is 9.79. The Morgan fingerprint density at radius 2 is 1.91 bits per heavy atom. The predicted molar refractivity (Wildman–Crippen MR) is 86.3 cm³/mol. The van der Waals surface area contributed by atoms with Gasteiger partial charge in [-0.25, -0.2) is 13.1 Å². The fourth-order valence-corrected chi connectivity index (χ4v) is 5.20. The molecule has 1 amide bonds. The molecule has 0 radical (unpaired) electrons. The highest BCUT2D eigenvalue weighted by molar-refractivity contribution is 7.90. The van der Waals surface area contributed by atoms with Crippen LogP contribution in [0.3, 0.4) is 0 Å². The summed E-state index contributed by atoms with van der Waals surface area (Å²) in [5, 5.41) is 0. The number of nitrogens with zero attached hydrogens (tertiary/aromatic N) is 1. The minimum atomic E-state index is -3.89. The van der Waals surface area contributed by atoms with Gasteiger partial charge in [0.2, 0.25) is 0 Å². The standard InChI is InChI=1S/C16H22N2O4S/c1-22-16(14-11-18-9-7-12(14)8-10-18)23(20,21)17-15(19)13-5-3-2-4-6-13/h2-6,12,14,16H,7-11H2,1H3,(H,17,19). The van der Waals surface area contributed by atoms with E-state index in [1.165, 1.54) is 7.11 Å². The molecule has 0 aliphatic carbocycles. The minimum absolute atomic E-state index is 0.0939. The number of benzene rings is 1. The zero-order chi connectivity index (χ0) is 16.4. The molecule has 7 heteroatoms. The molecule has 2 unspecified atom stereocenters. The molecule has 0 spiro atoms. The molecule has 2 bridgehead atoms. The highest BCUT2D eigenvalue weighted by Crippen LogP contribution is 2.36. The molecule has 2 atom stereocenters. The number of piperidine rings is 3. The Kier molecular flexibility index (Phi) is 4.70. The Balaban J connectivity index is 1.76. The third kappa shape index (κ3) is 3.41. The molecular weight excluding hydrogens is 316 g/mol. The lowest BCUT2D eigenvalue weighted by Gasteiger charge is -2.46. The van der Waals surface area contributed by atoms with Gasteiger partial charge in [0.1, 0.15) is 0 Å². The summed E-state index contributed by atoms with van der Waals surface area (Å²) < 4.78 is 32.8. The van der Waals surface area contributed by atoms with E-state index in [-0.39, 0.29) is 5.92 Å². The van der Waals surface area contributed by atoms with Gasteiger partial charge >= 0.3 is 0 Å². The SMILES string of the molecule is COC(C1CN2CCC1CC2)S(=O)(=O)NC(=O)c1ccccc1. The predicted octanol–water partition coefficient (Wildman–Crippen LogP) is 1.06. The number of carbonyl (C=O) groups excluding carboxylic acids is 1. The normalized spacial score (nSPS) is 28.3. The summed E-state index contributed by atoms with van der Waals surface area (Å²) in [6.45, 7) is 2.76. The van der Waals surface area contributed by atoms with Crippen molar-refractivity contribution < 1.29 is 17.9 Å². The zero-order valence-corrected chi connectivity index (χ0v) is 14.0. The summed E-state index contributed by atoms with van der Waals surface area (Å²) in [6, 6.07) is 8.34. The largest absolute Gasteiger partial charge is 0.363 e. The average molecular weight is 338 g/mol. The van der Waals surface area contributed by atoms with Crippen LogP contribution in [0, 0.1) is 11.8 Å². The molecule has 4 rings (SSSR count). The number of ether oxygens (including phenoxy) is 1. The van der Waals surface area contributed by atoms with Crippen LogP contribution in [0.1, 0.15) is 23.2 Å². The number of carbonyl (C=O) groups is 1. The molecule has 23 heavy (non-hydrogen) atoms. The summed E-state index contributed by atoms with van der Waals surface area (Å²) in [5.74, 6) is -0.370. The molecule has 3 aliphatic heterocycles. The number of sulfonamides is 1. The van der Waals surface area contributed by atoms with Crippen LogP contribution in [0.25, 0.3) is 0 Å². The number of fused-ring (bicyclic) bond motifs is 3. The van der Waals surface area contributed by atoms with E-state index in [9.17, 15) is 13.2 Å². The van der Waals surface area contributed by atoms with Crippen molar-refractivity contribution in [3.05, 3.63) is 35.9 Å². The van der Waals surface area contributed by atoms with Crippen LogP contribution in [-0.4, -0.2) is 51.4 Å². The fourth-order valence-electron chi connectivity index (χ4n) is 3.69. The van der Waals surface area contributed by atoms with Crippen molar-refractivity contribution >= 4 is 15.9 Å².